The first-order valence-corrected chi connectivity index (χ1v) is 3.65. The van der Waals surface area contributed by atoms with Crippen LogP contribution < -0.4 is 10.6 Å². The summed E-state index contributed by atoms with van der Waals surface area (Å²) in [7, 11) is 0. The average Bonchev–Trinajstić information content (AvgIpc) is 2.29. The molecular formula is C10H7NO. The van der Waals surface area contributed by atoms with Crippen molar-refractivity contribution in [2.24, 2.45) is 0 Å². The summed E-state index contributed by atoms with van der Waals surface area (Å²) in [6, 6.07) is 3.73. The van der Waals surface area contributed by atoms with Crippen LogP contribution in [0.1, 0.15) is 0 Å². The van der Waals surface area contributed by atoms with Crippen molar-refractivity contribution in [2.45, 2.75) is 0 Å². The van der Waals surface area contributed by atoms with Crippen LogP contribution in [0.3, 0.4) is 0 Å². The number of aliphatic hydroxyl groups is 1. The van der Waals surface area contributed by atoms with Crippen LogP contribution in [0.15, 0.2) is 36.2 Å². The Morgan fingerprint density at radius 3 is 3.25 bits per heavy atom. The van der Waals surface area contributed by atoms with Crippen molar-refractivity contribution in [3.05, 3.63) is 46.8 Å². The number of hydrogen-bond donors (Lipinski definition) is 1. The van der Waals surface area contributed by atoms with Gasteiger partial charge in [0.05, 0.1) is 0 Å². The minimum absolute atomic E-state index is 0.163. The van der Waals surface area contributed by atoms with Gasteiger partial charge < -0.3 is 5.11 Å². The minimum Gasteiger partial charge on any atom is -0.505 e. The van der Waals surface area contributed by atoms with Gasteiger partial charge in [0, 0.05) is 17.5 Å². The fourth-order valence-corrected chi connectivity index (χ4v) is 1.10. The van der Waals surface area contributed by atoms with E-state index in [1.807, 2.05) is 18.2 Å². The molecule has 0 saturated carbocycles. The highest BCUT2D eigenvalue weighted by Crippen LogP contribution is 1.87. The van der Waals surface area contributed by atoms with Gasteiger partial charge in [-0.2, -0.15) is 0 Å². The molecule has 0 atom stereocenters. The van der Waals surface area contributed by atoms with Gasteiger partial charge in [0.1, 0.15) is 11.1 Å². The fourth-order valence-electron chi connectivity index (χ4n) is 1.10. The molecular weight excluding hydrogens is 150 g/mol. The number of rotatable bonds is 0. The van der Waals surface area contributed by atoms with E-state index in [0.717, 1.165) is 5.22 Å². The molecule has 0 radical (unpaired) electrons. The third-order valence-corrected chi connectivity index (χ3v) is 1.66. The van der Waals surface area contributed by atoms with E-state index in [2.05, 4.69) is 10.7 Å². The zero-order chi connectivity index (χ0) is 8.39. The first-order chi connectivity index (χ1) is 5.88. The Balaban J connectivity index is 2.98. The van der Waals surface area contributed by atoms with E-state index in [-0.39, 0.29) is 5.76 Å². The molecule has 0 bridgehead atoms. The van der Waals surface area contributed by atoms with Crippen molar-refractivity contribution in [1.82, 2.24) is 4.98 Å². The molecule has 1 aliphatic rings. The van der Waals surface area contributed by atoms with Crippen molar-refractivity contribution >= 4 is 11.8 Å². The molecule has 12 heavy (non-hydrogen) atoms. The second kappa shape index (κ2) is 2.68. The first-order valence-electron chi connectivity index (χ1n) is 3.65. The van der Waals surface area contributed by atoms with Crippen molar-refractivity contribution in [3.63, 3.8) is 0 Å². The smallest absolute Gasteiger partial charge is 0.149 e. The fraction of sp³-hybridized carbons (Fsp3) is 0. The van der Waals surface area contributed by atoms with Crippen molar-refractivity contribution in [1.29, 1.82) is 0 Å². The van der Waals surface area contributed by atoms with Crippen LogP contribution >= 0.6 is 0 Å². The summed E-state index contributed by atoms with van der Waals surface area (Å²) in [5.41, 5.74) is 2.81. The van der Waals surface area contributed by atoms with Crippen LogP contribution in [0.4, 0.5) is 0 Å². The summed E-state index contributed by atoms with van der Waals surface area (Å²) in [5.74, 6) is 0.163. The lowest BCUT2D eigenvalue weighted by Gasteiger charge is -1.89. The molecule has 0 unspecified atom stereocenters. The summed E-state index contributed by atoms with van der Waals surface area (Å²) in [6.45, 7) is 0. The Bertz CT molecular complexity index is 479. The van der Waals surface area contributed by atoms with Crippen LogP contribution in [0.5, 0.6) is 0 Å². The van der Waals surface area contributed by atoms with Crippen LogP contribution in [0.25, 0.3) is 11.8 Å². The van der Waals surface area contributed by atoms with Crippen molar-refractivity contribution in [2.75, 3.05) is 0 Å². The standard InChI is InChI=1S/C10H7NO/c12-9-6-2-1-4-8-5-3-7-11-10(8)9/h1,3-7,12H. The monoisotopic (exact) mass is 157 g/mol. The largest absolute Gasteiger partial charge is 0.505 e. The maximum absolute atomic E-state index is 9.44. The van der Waals surface area contributed by atoms with E-state index >= 15 is 0 Å². The summed E-state index contributed by atoms with van der Waals surface area (Å²) in [4.78, 5) is 4.05. The topological polar surface area (TPSA) is 33.1 Å². The third-order valence-electron chi connectivity index (χ3n) is 1.66. The number of nitrogens with zero attached hydrogens (tertiary/aromatic N) is 1. The normalized spacial score (nSPS) is 13.5. The zero-order valence-electron chi connectivity index (χ0n) is 6.36. The van der Waals surface area contributed by atoms with Gasteiger partial charge in [0.25, 0.3) is 0 Å². The Morgan fingerprint density at radius 2 is 2.33 bits per heavy atom. The van der Waals surface area contributed by atoms with E-state index in [1.165, 1.54) is 6.08 Å². The van der Waals surface area contributed by atoms with Gasteiger partial charge in [-0.1, -0.05) is 6.07 Å². The molecule has 2 rings (SSSR count). The predicted molar refractivity (Wildman–Crippen MR) is 46.6 cm³/mol. The highest BCUT2D eigenvalue weighted by atomic mass is 16.3. The van der Waals surface area contributed by atoms with Gasteiger partial charge >= 0.3 is 0 Å². The van der Waals surface area contributed by atoms with Crippen LogP contribution in [-0.2, 0) is 0 Å². The molecule has 0 amide bonds. The molecule has 0 aromatic carbocycles. The maximum Gasteiger partial charge on any atom is 0.149 e. The Morgan fingerprint density at radius 1 is 1.42 bits per heavy atom. The van der Waals surface area contributed by atoms with Crippen molar-refractivity contribution < 1.29 is 5.11 Å². The lowest BCUT2D eigenvalue weighted by Crippen LogP contribution is -2.29. The van der Waals surface area contributed by atoms with Crippen LogP contribution in [0.2, 0.25) is 0 Å². The molecule has 0 spiro atoms. The van der Waals surface area contributed by atoms with Gasteiger partial charge in [-0.05, 0) is 18.2 Å². The summed E-state index contributed by atoms with van der Waals surface area (Å²) in [5, 5.41) is 11.0. The molecule has 58 valence electrons. The van der Waals surface area contributed by atoms with E-state index in [0.29, 0.717) is 5.35 Å². The molecule has 1 N–H and O–H groups in total. The van der Waals surface area contributed by atoms with E-state index in [9.17, 15) is 5.11 Å². The van der Waals surface area contributed by atoms with E-state index in [4.69, 9.17) is 0 Å². The molecule has 1 aliphatic carbocycles. The van der Waals surface area contributed by atoms with Gasteiger partial charge in [0.2, 0.25) is 0 Å². The van der Waals surface area contributed by atoms with Gasteiger partial charge in [-0.25, -0.2) is 0 Å². The van der Waals surface area contributed by atoms with Crippen molar-refractivity contribution in [3.8, 4) is 0 Å². The highest BCUT2D eigenvalue weighted by molar-refractivity contribution is 5.51. The molecule has 0 aliphatic heterocycles. The number of fused-ring (bicyclic) bond motifs is 1. The number of aromatic nitrogens is 1. The number of pyridine rings is 1. The molecule has 2 heteroatoms. The maximum atomic E-state index is 9.44. The number of hydrogen-bond acceptors (Lipinski definition) is 2. The van der Waals surface area contributed by atoms with Gasteiger partial charge in [0.15, 0.2) is 0 Å². The minimum atomic E-state index is 0.163. The molecule has 2 nitrogen and oxygen atoms in total. The van der Waals surface area contributed by atoms with E-state index in [1.54, 1.807) is 12.3 Å². The molecule has 1 aromatic heterocycles. The predicted octanol–water partition coefficient (Wildman–Crippen LogP) is 0.253. The Labute approximate surface area is 69.5 Å². The van der Waals surface area contributed by atoms with Gasteiger partial charge in [-0.3, -0.25) is 4.98 Å². The Kier molecular flexibility index (Phi) is 1.54. The highest BCUT2D eigenvalue weighted by Gasteiger charge is 1.93. The molecule has 0 saturated heterocycles. The summed E-state index contributed by atoms with van der Waals surface area (Å²) < 4.78 is 0. The molecule has 0 fully saturated rings. The lowest BCUT2D eigenvalue weighted by molar-refractivity contribution is 0.509. The summed E-state index contributed by atoms with van der Waals surface area (Å²) >= 11 is 0. The van der Waals surface area contributed by atoms with Crippen LogP contribution in [0, 0.1) is 0 Å². The lowest BCUT2D eigenvalue weighted by atomic mass is 10.3. The van der Waals surface area contributed by atoms with Gasteiger partial charge in [-0.15, -0.1) is 5.73 Å². The molecule has 1 aromatic rings. The second-order valence-electron chi connectivity index (χ2n) is 2.47. The zero-order valence-corrected chi connectivity index (χ0v) is 6.36. The van der Waals surface area contributed by atoms with E-state index < -0.39 is 0 Å². The second-order valence-corrected chi connectivity index (χ2v) is 2.47. The molecule has 1 heterocycles. The first kappa shape index (κ1) is 6.89. The Hall–Kier alpha value is -1.79. The summed E-state index contributed by atoms with van der Waals surface area (Å²) in [6.07, 6.45) is 6.78. The quantitative estimate of drug-likeness (QED) is 0.548. The average molecular weight is 157 g/mol. The van der Waals surface area contributed by atoms with Crippen LogP contribution in [-0.4, -0.2) is 10.1 Å². The number of aliphatic hydroxyl groups excluding tert-OH is 1. The third kappa shape index (κ3) is 1.04. The SMILES string of the molecule is OC1=c2ncccc2=CC=C=C1.